The van der Waals surface area contributed by atoms with Gasteiger partial charge in [0.05, 0.1) is 6.54 Å². The SMILES string of the molecule is CCCCCCC(C)Nc1cccc(N2CCOC2=O)c1. The quantitative estimate of drug-likeness (QED) is 0.721. The van der Waals surface area contributed by atoms with Gasteiger partial charge in [0.2, 0.25) is 0 Å². The number of hydrogen-bond donors (Lipinski definition) is 1. The molecule has 1 aliphatic rings. The number of ether oxygens (including phenoxy) is 1. The lowest BCUT2D eigenvalue weighted by Gasteiger charge is -2.18. The van der Waals surface area contributed by atoms with Crippen LogP contribution in [0.3, 0.4) is 0 Å². The Balaban J connectivity index is 1.87. The average molecular weight is 290 g/mol. The summed E-state index contributed by atoms with van der Waals surface area (Å²) in [5.74, 6) is 0. The van der Waals surface area contributed by atoms with Crippen LogP contribution in [0.4, 0.5) is 16.2 Å². The van der Waals surface area contributed by atoms with Crippen molar-refractivity contribution in [2.24, 2.45) is 0 Å². The molecular formula is C17H26N2O2. The van der Waals surface area contributed by atoms with Crippen LogP contribution >= 0.6 is 0 Å². The van der Waals surface area contributed by atoms with E-state index in [2.05, 4.69) is 19.2 Å². The van der Waals surface area contributed by atoms with E-state index in [1.165, 1.54) is 32.1 Å². The van der Waals surface area contributed by atoms with Crippen LogP contribution in [0.1, 0.15) is 46.0 Å². The summed E-state index contributed by atoms with van der Waals surface area (Å²) in [5, 5.41) is 3.52. The first-order valence-electron chi connectivity index (χ1n) is 8.01. The molecular weight excluding hydrogens is 264 g/mol. The minimum absolute atomic E-state index is 0.250. The van der Waals surface area contributed by atoms with Crippen molar-refractivity contribution < 1.29 is 9.53 Å². The minimum Gasteiger partial charge on any atom is -0.447 e. The van der Waals surface area contributed by atoms with Gasteiger partial charge < -0.3 is 10.1 Å². The summed E-state index contributed by atoms with van der Waals surface area (Å²) in [4.78, 5) is 13.3. The summed E-state index contributed by atoms with van der Waals surface area (Å²) in [6, 6.07) is 8.45. The van der Waals surface area contributed by atoms with Gasteiger partial charge in [-0.1, -0.05) is 38.7 Å². The van der Waals surface area contributed by atoms with E-state index in [0.717, 1.165) is 11.4 Å². The van der Waals surface area contributed by atoms with Gasteiger partial charge in [0.25, 0.3) is 0 Å². The Morgan fingerprint density at radius 3 is 2.90 bits per heavy atom. The molecule has 21 heavy (non-hydrogen) atoms. The predicted octanol–water partition coefficient (Wildman–Crippen LogP) is 4.41. The molecule has 1 N–H and O–H groups in total. The van der Waals surface area contributed by atoms with Crippen LogP contribution in [0, 0.1) is 0 Å². The molecule has 4 heteroatoms. The standard InChI is InChI=1S/C17H26N2O2/c1-3-4-5-6-8-14(2)18-15-9-7-10-16(13-15)19-11-12-21-17(19)20/h7,9-10,13-14,18H,3-6,8,11-12H2,1-2H3. The molecule has 0 aromatic heterocycles. The topological polar surface area (TPSA) is 41.6 Å². The van der Waals surface area contributed by atoms with Crippen molar-refractivity contribution >= 4 is 17.5 Å². The third-order valence-corrected chi connectivity index (χ3v) is 3.82. The summed E-state index contributed by atoms with van der Waals surface area (Å²) >= 11 is 0. The zero-order valence-corrected chi connectivity index (χ0v) is 13.1. The van der Waals surface area contributed by atoms with Gasteiger partial charge in [0.1, 0.15) is 6.61 Å². The molecule has 0 spiro atoms. The van der Waals surface area contributed by atoms with Gasteiger partial charge in [-0.15, -0.1) is 0 Å². The normalized spacial score (nSPS) is 15.9. The minimum atomic E-state index is -0.250. The van der Waals surface area contributed by atoms with Crippen LogP contribution in [0.15, 0.2) is 24.3 Å². The van der Waals surface area contributed by atoms with E-state index in [-0.39, 0.29) is 6.09 Å². The average Bonchev–Trinajstić information content (AvgIpc) is 2.90. The maximum absolute atomic E-state index is 11.6. The lowest BCUT2D eigenvalue weighted by molar-refractivity contribution is 0.181. The first-order chi connectivity index (χ1) is 10.2. The monoisotopic (exact) mass is 290 g/mol. The fourth-order valence-electron chi connectivity index (χ4n) is 2.63. The highest BCUT2D eigenvalue weighted by Gasteiger charge is 2.23. The summed E-state index contributed by atoms with van der Waals surface area (Å²) in [7, 11) is 0. The number of hydrogen-bond acceptors (Lipinski definition) is 3. The van der Waals surface area contributed by atoms with Gasteiger partial charge in [-0.25, -0.2) is 4.79 Å². The second-order valence-electron chi connectivity index (χ2n) is 5.71. The number of cyclic esters (lactones) is 1. The Morgan fingerprint density at radius 2 is 2.19 bits per heavy atom. The molecule has 1 fully saturated rings. The van der Waals surface area contributed by atoms with E-state index in [0.29, 0.717) is 19.2 Å². The molecule has 0 aliphatic carbocycles. The number of anilines is 2. The van der Waals surface area contributed by atoms with Gasteiger partial charge in [-0.05, 0) is 31.5 Å². The molecule has 1 aliphatic heterocycles. The molecule has 1 atom stereocenters. The van der Waals surface area contributed by atoms with Crippen molar-refractivity contribution in [3.05, 3.63) is 24.3 Å². The van der Waals surface area contributed by atoms with Crippen LogP contribution in [0.2, 0.25) is 0 Å². The van der Waals surface area contributed by atoms with Crippen molar-refractivity contribution in [2.75, 3.05) is 23.4 Å². The molecule has 0 radical (unpaired) electrons. The molecule has 1 saturated heterocycles. The highest BCUT2D eigenvalue weighted by molar-refractivity contribution is 5.89. The van der Waals surface area contributed by atoms with E-state index >= 15 is 0 Å². The van der Waals surface area contributed by atoms with Gasteiger partial charge in [0.15, 0.2) is 0 Å². The molecule has 1 unspecified atom stereocenters. The Labute approximate surface area is 127 Å². The Kier molecular flexibility index (Phi) is 5.90. The predicted molar refractivity (Wildman–Crippen MR) is 87.0 cm³/mol. The van der Waals surface area contributed by atoms with Crippen molar-refractivity contribution in [3.8, 4) is 0 Å². The number of carbonyl (C=O) groups is 1. The second-order valence-corrected chi connectivity index (χ2v) is 5.71. The lowest BCUT2D eigenvalue weighted by atomic mass is 10.1. The zero-order valence-electron chi connectivity index (χ0n) is 13.1. The summed E-state index contributed by atoms with van der Waals surface area (Å²) in [5.41, 5.74) is 1.97. The molecule has 1 aromatic carbocycles. The smallest absolute Gasteiger partial charge is 0.414 e. The van der Waals surface area contributed by atoms with Crippen molar-refractivity contribution in [1.29, 1.82) is 0 Å². The van der Waals surface area contributed by atoms with Gasteiger partial charge in [-0.3, -0.25) is 4.90 Å². The number of amides is 1. The molecule has 1 amide bonds. The number of benzene rings is 1. The number of rotatable bonds is 8. The number of nitrogens with one attached hydrogen (secondary N) is 1. The highest BCUT2D eigenvalue weighted by Crippen LogP contribution is 2.23. The fourth-order valence-corrected chi connectivity index (χ4v) is 2.63. The highest BCUT2D eigenvalue weighted by atomic mass is 16.6. The van der Waals surface area contributed by atoms with Gasteiger partial charge in [0, 0.05) is 17.4 Å². The van der Waals surface area contributed by atoms with E-state index in [1.807, 2.05) is 24.3 Å². The number of carbonyl (C=O) groups excluding carboxylic acids is 1. The van der Waals surface area contributed by atoms with Crippen LogP contribution in [-0.2, 0) is 4.74 Å². The van der Waals surface area contributed by atoms with Crippen LogP contribution < -0.4 is 10.2 Å². The van der Waals surface area contributed by atoms with Crippen molar-refractivity contribution in [2.45, 2.75) is 52.0 Å². The van der Waals surface area contributed by atoms with Crippen LogP contribution in [0.5, 0.6) is 0 Å². The van der Waals surface area contributed by atoms with E-state index in [1.54, 1.807) is 4.90 Å². The third kappa shape index (κ3) is 4.66. The lowest BCUT2D eigenvalue weighted by Crippen LogP contribution is -2.23. The van der Waals surface area contributed by atoms with Crippen molar-refractivity contribution in [1.82, 2.24) is 0 Å². The number of unbranched alkanes of at least 4 members (excludes halogenated alkanes) is 3. The maximum atomic E-state index is 11.6. The molecule has 1 heterocycles. The molecule has 1 aromatic rings. The summed E-state index contributed by atoms with van der Waals surface area (Å²) < 4.78 is 4.98. The summed E-state index contributed by atoms with van der Waals surface area (Å²) in [6.45, 7) is 5.55. The molecule has 2 rings (SSSR count). The Morgan fingerprint density at radius 1 is 1.33 bits per heavy atom. The molecule has 0 bridgehead atoms. The Bertz CT molecular complexity index is 462. The van der Waals surface area contributed by atoms with Gasteiger partial charge >= 0.3 is 6.09 Å². The number of nitrogens with zero attached hydrogens (tertiary/aromatic N) is 1. The Hall–Kier alpha value is -1.71. The van der Waals surface area contributed by atoms with Crippen LogP contribution in [-0.4, -0.2) is 25.3 Å². The second kappa shape index (κ2) is 7.91. The third-order valence-electron chi connectivity index (χ3n) is 3.82. The maximum Gasteiger partial charge on any atom is 0.414 e. The first-order valence-corrected chi connectivity index (χ1v) is 8.01. The van der Waals surface area contributed by atoms with Crippen LogP contribution in [0.25, 0.3) is 0 Å². The van der Waals surface area contributed by atoms with Gasteiger partial charge in [-0.2, -0.15) is 0 Å². The first kappa shape index (κ1) is 15.7. The zero-order chi connectivity index (χ0) is 15.1. The largest absolute Gasteiger partial charge is 0.447 e. The molecule has 4 nitrogen and oxygen atoms in total. The van der Waals surface area contributed by atoms with Crippen molar-refractivity contribution in [3.63, 3.8) is 0 Å². The van der Waals surface area contributed by atoms with E-state index in [4.69, 9.17) is 4.74 Å². The summed E-state index contributed by atoms with van der Waals surface area (Å²) in [6.07, 6.45) is 6.09. The fraction of sp³-hybridized carbons (Fsp3) is 0.588. The molecule has 116 valence electrons. The van der Waals surface area contributed by atoms with E-state index < -0.39 is 0 Å². The molecule has 0 saturated carbocycles. The van der Waals surface area contributed by atoms with E-state index in [9.17, 15) is 4.79 Å².